The molecule has 0 atom stereocenters. The van der Waals surface area contributed by atoms with Crippen LogP contribution >= 0.6 is 0 Å². The van der Waals surface area contributed by atoms with Gasteiger partial charge >= 0.3 is 0 Å². The molecular formula is C9H16N2O3. The molecule has 0 spiro atoms. The van der Waals surface area contributed by atoms with Crippen LogP contribution in [0.25, 0.3) is 0 Å². The average molecular weight is 200 g/mol. The van der Waals surface area contributed by atoms with Gasteiger partial charge in [0, 0.05) is 31.4 Å². The number of carbonyl (C=O) groups excluding carboxylic acids is 1. The zero-order valence-electron chi connectivity index (χ0n) is 8.44. The first kappa shape index (κ1) is 10.9. The molecule has 0 unspecified atom stereocenters. The number of amides is 1. The summed E-state index contributed by atoms with van der Waals surface area (Å²) in [5.41, 5.74) is 0. The Bertz CT molecular complexity index is 222. The van der Waals surface area contributed by atoms with Crippen molar-refractivity contribution in [3.63, 3.8) is 0 Å². The van der Waals surface area contributed by atoms with E-state index < -0.39 is 0 Å². The van der Waals surface area contributed by atoms with Crippen LogP contribution in [0.5, 0.6) is 0 Å². The molecule has 14 heavy (non-hydrogen) atoms. The fourth-order valence-electron chi connectivity index (χ4n) is 1.82. The fourth-order valence-corrected chi connectivity index (χ4v) is 1.82. The molecule has 0 bridgehead atoms. The molecule has 0 aromatic carbocycles. The number of likely N-dealkylation sites (tertiary alicyclic amines) is 1. The summed E-state index contributed by atoms with van der Waals surface area (Å²) in [4.78, 5) is 22.7. The SMILES string of the molecule is CC(=O)N1CCC(CC[N+](=O)[O-])CC1. The molecule has 80 valence electrons. The molecule has 0 aromatic rings. The Labute approximate surface area is 83.2 Å². The Hall–Kier alpha value is -1.13. The third kappa shape index (κ3) is 3.32. The Morgan fingerprint density at radius 3 is 2.50 bits per heavy atom. The highest BCUT2D eigenvalue weighted by Gasteiger charge is 2.21. The molecular weight excluding hydrogens is 184 g/mol. The highest BCUT2D eigenvalue weighted by atomic mass is 16.6. The summed E-state index contributed by atoms with van der Waals surface area (Å²) in [5, 5.41) is 10.2. The van der Waals surface area contributed by atoms with Gasteiger partial charge in [-0.05, 0) is 18.8 Å². The third-order valence-corrected chi connectivity index (χ3v) is 2.78. The molecule has 1 aliphatic heterocycles. The number of hydrogen-bond acceptors (Lipinski definition) is 3. The van der Waals surface area contributed by atoms with Gasteiger partial charge in [-0.3, -0.25) is 14.9 Å². The second kappa shape index (κ2) is 4.93. The van der Waals surface area contributed by atoms with Crippen molar-refractivity contribution in [2.45, 2.75) is 26.2 Å². The number of nitro groups is 1. The van der Waals surface area contributed by atoms with Gasteiger partial charge in [-0.1, -0.05) is 0 Å². The highest BCUT2D eigenvalue weighted by Crippen LogP contribution is 2.20. The smallest absolute Gasteiger partial charge is 0.219 e. The van der Waals surface area contributed by atoms with Gasteiger partial charge in [0.2, 0.25) is 12.5 Å². The Morgan fingerprint density at radius 2 is 2.07 bits per heavy atom. The standard InChI is InChI=1S/C9H16N2O3/c1-8(12)10-5-2-9(3-6-10)4-7-11(13)14/h9H,2-7H2,1H3. The Kier molecular flexibility index (Phi) is 3.85. The molecule has 0 N–H and O–H groups in total. The van der Waals surface area contributed by atoms with Crippen LogP contribution in [0.3, 0.4) is 0 Å². The first-order valence-electron chi connectivity index (χ1n) is 4.97. The van der Waals surface area contributed by atoms with E-state index in [-0.39, 0.29) is 17.4 Å². The largest absolute Gasteiger partial charge is 0.343 e. The van der Waals surface area contributed by atoms with Crippen molar-refractivity contribution in [2.24, 2.45) is 5.92 Å². The van der Waals surface area contributed by atoms with Gasteiger partial charge in [0.25, 0.3) is 0 Å². The lowest BCUT2D eigenvalue weighted by Gasteiger charge is -2.30. The van der Waals surface area contributed by atoms with E-state index in [2.05, 4.69) is 0 Å². The van der Waals surface area contributed by atoms with Crippen LogP contribution in [0.1, 0.15) is 26.2 Å². The van der Waals surface area contributed by atoms with Crippen LogP contribution in [0.2, 0.25) is 0 Å². The molecule has 1 amide bonds. The molecule has 5 heteroatoms. The normalized spacial score (nSPS) is 18.2. The maximum Gasteiger partial charge on any atom is 0.219 e. The third-order valence-electron chi connectivity index (χ3n) is 2.78. The average Bonchev–Trinajstić information content (AvgIpc) is 2.15. The minimum atomic E-state index is -0.267. The van der Waals surface area contributed by atoms with Gasteiger partial charge in [0.15, 0.2) is 0 Å². The lowest BCUT2D eigenvalue weighted by Crippen LogP contribution is -2.37. The second-order valence-corrected chi connectivity index (χ2v) is 3.79. The van der Waals surface area contributed by atoms with Gasteiger partial charge in [0.05, 0.1) is 0 Å². The molecule has 0 saturated carbocycles. The number of rotatable bonds is 3. The van der Waals surface area contributed by atoms with Crippen LogP contribution < -0.4 is 0 Å². The lowest BCUT2D eigenvalue weighted by atomic mass is 9.93. The molecule has 0 aromatic heterocycles. The second-order valence-electron chi connectivity index (χ2n) is 3.79. The number of hydrogen-bond donors (Lipinski definition) is 0. The molecule has 1 heterocycles. The summed E-state index contributed by atoms with van der Waals surface area (Å²) < 4.78 is 0. The number of nitrogens with zero attached hydrogens (tertiary/aromatic N) is 2. The van der Waals surface area contributed by atoms with Gasteiger partial charge in [0.1, 0.15) is 0 Å². The Morgan fingerprint density at radius 1 is 1.50 bits per heavy atom. The Balaban J connectivity index is 2.22. The zero-order chi connectivity index (χ0) is 10.6. The quantitative estimate of drug-likeness (QED) is 0.502. The maximum absolute atomic E-state index is 11.0. The topological polar surface area (TPSA) is 63.5 Å². The van der Waals surface area contributed by atoms with E-state index in [4.69, 9.17) is 0 Å². The summed E-state index contributed by atoms with van der Waals surface area (Å²) >= 11 is 0. The summed E-state index contributed by atoms with van der Waals surface area (Å²) in [5.74, 6) is 0.536. The molecule has 5 nitrogen and oxygen atoms in total. The first-order chi connectivity index (χ1) is 6.59. The van der Waals surface area contributed by atoms with Crippen molar-refractivity contribution in [1.29, 1.82) is 0 Å². The zero-order valence-corrected chi connectivity index (χ0v) is 8.44. The van der Waals surface area contributed by atoms with E-state index >= 15 is 0 Å². The van der Waals surface area contributed by atoms with Crippen molar-refractivity contribution in [3.8, 4) is 0 Å². The predicted octanol–water partition coefficient (Wildman–Crippen LogP) is 0.912. The summed E-state index contributed by atoms with van der Waals surface area (Å²) in [6.45, 7) is 3.15. The minimum Gasteiger partial charge on any atom is -0.343 e. The predicted molar refractivity (Wildman–Crippen MR) is 51.5 cm³/mol. The van der Waals surface area contributed by atoms with Gasteiger partial charge in [-0.25, -0.2) is 0 Å². The van der Waals surface area contributed by atoms with Crippen LogP contribution in [0.15, 0.2) is 0 Å². The monoisotopic (exact) mass is 200 g/mol. The van der Waals surface area contributed by atoms with Gasteiger partial charge in [-0.2, -0.15) is 0 Å². The van der Waals surface area contributed by atoms with Crippen molar-refractivity contribution in [2.75, 3.05) is 19.6 Å². The summed E-state index contributed by atoms with van der Waals surface area (Å²) in [7, 11) is 0. The highest BCUT2D eigenvalue weighted by molar-refractivity contribution is 5.73. The van der Waals surface area contributed by atoms with Crippen LogP contribution in [0, 0.1) is 16.0 Å². The van der Waals surface area contributed by atoms with E-state index in [0.717, 1.165) is 25.9 Å². The molecule has 0 radical (unpaired) electrons. The van der Waals surface area contributed by atoms with Crippen molar-refractivity contribution in [3.05, 3.63) is 10.1 Å². The van der Waals surface area contributed by atoms with Crippen LogP contribution in [-0.4, -0.2) is 35.4 Å². The molecule has 0 aliphatic carbocycles. The van der Waals surface area contributed by atoms with Crippen LogP contribution in [0.4, 0.5) is 0 Å². The van der Waals surface area contributed by atoms with E-state index in [1.807, 2.05) is 4.90 Å². The fraction of sp³-hybridized carbons (Fsp3) is 0.889. The van der Waals surface area contributed by atoms with E-state index in [1.54, 1.807) is 6.92 Å². The van der Waals surface area contributed by atoms with E-state index in [9.17, 15) is 14.9 Å². The number of piperidine rings is 1. The lowest BCUT2D eigenvalue weighted by molar-refractivity contribution is -0.481. The van der Waals surface area contributed by atoms with E-state index in [0.29, 0.717) is 12.3 Å². The first-order valence-corrected chi connectivity index (χ1v) is 4.97. The minimum absolute atomic E-state index is 0.0603. The van der Waals surface area contributed by atoms with Gasteiger partial charge < -0.3 is 4.90 Å². The van der Waals surface area contributed by atoms with Gasteiger partial charge in [-0.15, -0.1) is 0 Å². The van der Waals surface area contributed by atoms with Crippen molar-refractivity contribution < 1.29 is 9.72 Å². The summed E-state index contributed by atoms with van der Waals surface area (Å²) in [6.07, 6.45) is 2.47. The van der Waals surface area contributed by atoms with E-state index in [1.165, 1.54) is 0 Å². The molecule has 1 saturated heterocycles. The molecule has 1 rings (SSSR count). The maximum atomic E-state index is 11.0. The van der Waals surface area contributed by atoms with Crippen molar-refractivity contribution >= 4 is 5.91 Å². The summed E-state index contributed by atoms with van der Waals surface area (Å²) in [6, 6.07) is 0. The number of carbonyl (C=O) groups is 1. The van der Waals surface area contributed by atoms with Crippen molar-refractivity contribution in [1.82, 2.24) is 4.90 Å². The molecule has 1 aliphatic rings. The molecule has 1 fully saturated rings. The van der Waals surface area contributed by atoms with Crippen LogP contribution in [-0.2, 0) is 4.79 Å².